The van der Waals surface area contributed by atoms with Gasteiger partial charge in [-0.2, -0.15) is 0 Å². The summed E-state index contributed by atoms with van der Waals surface area (Å²) in [6.45, 7) is 17.0. The van der Waals surface area contributed by atoms with Crippen molar-refractivity contribution >= 4 is 29.2 Å². The molecule has 0 bridgehead atoms. The van der Waals surface area contributed by atoms with Crippen molar-refractivity contribution in [2.45, 2.75) is 65.1 Å². The fourth-order valence-corrected chi connectivity index (χ4v) is 4.07. The molecule has 12 nitrogen and oxygen atoms in total. The smallest absolute Gasteiger partial charge is 0.273 e. The summed E-state index contributed by atoms with van der Waals surface area (Å²) >= 11 is 0. The van der Waals surface area contributed by atoms with Crippen molar-refractivity contribution in [1.29, 1.82) is 0 Å². The van der Waals surface area contributed by atoms with Gasteiger partial charge < -0.3 is 30.3 Å². The molecule has 2 fully saturated rings. The van der Waals surface area contributed by atoms with Crippen LogP contribution < -0.4 is 16.0 Å². The molecule has 0 saturated carbocycles. The highest BCUT2D eigenvalue weighted by Crippen LogP contribution is 2.29. The number of hydrogen-bond donors (Lipinski definition) is 3. The number of Topliss-reactive ketones (excluding diaryl/α,β-unsaturated/α-hetero) is 1. The van der Waals surface area contributed by atoms with Gasteiger partial charge in [-0.3, -0.25) is 24.1 Å². The molecule has 0 aromatic rings. The molecule has 2 aliphatic heterocycles. The topological polar surface area (TPSA) is 151 Å². The van der Waals surface area contributed by atoms with E-state index in [0.717, 1.165) is 13.1 Å². The Balaban J connectivity index is 1.89. The minimum absolute atomic E-state index is 0.0536. The minimum atomic E-state index is -0.907. The maximum atomic E-state index is 12.9. The number of nitrogens with one attached hydrogen (secondary N) is 3. The van der Waals surface area contributed by atoms with Crippen molar-refractivity contribution in [2.24, 2.45) is 17.0 Å². The Labute approximate surface area is 231 Å². The Kier molecular flexibility index (Phi) is 13.0. The standard InChI is InChI=1S/C27H45N5O7/c1-7-20(31-39-13-10-32-8-11-37-12-9-32)26(36)30-22(15-19(4)5)25(35)28-16-23(33)29-21(14-18(2)3)24(34)27(6)17-38-27/h7,18-19,21-22H,1,8-17H2,2-6H3,(H,28,35)(H,29,33)(H,30,36)/b31-20+/t21-,22-,27+/m0/s1. The minimum Gasteiger partial charge on any atom is -0.394 e. The molecule has 0 aliphatic carbocycles. The van der Waals surface area contributed by atoms with Gasteiger partial charge in [0.05, 0.1) is 32.4 Å². The Morgan fingerprint density at radius 3 is 2.23 bits per heavy atom. The van der Waals surface area contributed by atoms with Crippen molar-refractivity contribution in [3.63, 3.8) is 0 Å². The van der Waals surface area contributed by atoms with Crippen molar-refractivity contribution in [2.75, 3.05) is 52.6 Å². The first kappa shape index (κ1) is 32.4. The lowest BCUT2D eigenvalue weighted by molar-refractivity contribution is -0.132. The van der Waals surface area contributed by atoms with E-state index in [1.807, 2.05) is 27.7 Å². The lowest BCUT2D eigenvalue weighted by atomic mass is 9.93. The van der Waals surface area contributed by atoms with Gasteiger partial charge in [0, 0.05) is 19.6 Å². The first-order valence-electron chi connectivity index (χ1n) is 13.6. The monoisotopic (exact) mass is 551 g/mol. The van der Waals surface area contributed by atoms with E-state index in [2.05, 4.69) is 32.6 Å². The van der Waals surface area contributed by atoms with E-state index in [0.29, 0.717) is 45.8 Å². The van der Waals surface area contributed by atoms with Crippen LogP contribution in [0.3, 0.4) is 0 Å². The molecule has 0 spiro atoms. The molecule has 0 unspecified atom stereocenters. The predicted octanol–water partition coefficient (Wildman–Crippen LogP) is 0.413. The summed E-state index contributed by atoms with van der Waals surface area (Å²) in [4.78, 5) is 58.6. The first-order chi connectivity index (χ1) is 18.4. The lowest BCUT2D eigenvalue weighted by Gasteiger charge is -2.25. The third-order valence-electron chi connectivity index (χ3n) is 6.40. The molecule has 3 N–H and O–H groups in total. The van der Waals surface area contributed by atoms with Gasteiger partial charge in [0.25, 0.3) is 5.91 Å². The third-order valence-corrected chi connectivity index (χ3v) is 6.40. The predicted molar refractivity (Wildman–Crippen MR) is 146 cm³/mol. The third kappa shape index (κ3) is 11.4. The second-order valence-corrected chi connectivity index (χ2v) is 11.0. The molecule has 0 aromatic heterocycles. The van der Waals surface area contributed by atoms with Crippen LogP contribution in [0.2, 0.25) is 0 Å². The zero-order valence-electron chi connectivity index (χ0n) is 23.9. The molecular weight excluding hydrogens is 506 g/mol. The number of nitrogens with zero attached hydrogens (tertiary/aromatic N) is 2. The summed E-state index contributed by atoms with van der Waals surface area (Å²) in [7, 11) is 0. The van der Waals surface area contributed by atoms with Crippen LogP contribution in [0.5, 0.6) is 0 Å². The maximum Gasteiger partial charge on any atom is 0.273 e. The maximum absolute atomic E-state index is 12.9. The van der Waals surface area contributed by atoms with Crippen LogP contribution in [0.4, 0.5) is 0 Å². The first-order valence-corrected chi connectivity index (χ1v) is 13.6. The van der Waals surface area contributed by atoms with E-state index >= 15 is 0 Å². The lowest BCUT2D eigenvalue weighted by Crippen LogP contribution is -2.53. The highest BCUT2D eigenvalue weighted by atomic mass is 16.6. The largest absolute Gasteiger partial charge is 0.394 e. The van der Waals surface area contributed by atoms with E-state index in [9.17, 15) is 19.2 Å². The number of ketones is 1. The van der Waals surface area contributed by atoms with E-state index < -0.39 is 35.4 Å². The summed E-state index contributed by atoms with van der Waals surface area (Å²) in [5.74, 6) is -1.55. The highest BCUT2D eigenvalue weighted by molar-refractivity contribution is 6.43. The zero-order chi connectivity index (χ0) is 29.0. The molecule has 220 valence electrons. The molecule has 2 rings (SSSR count). The average Bonchev–Trinajstić information content (AvgIpc) is 3.64. The SMILES string of the molecule is C=C/C(=N\OCCN1CCOCC1)C(=O)N[C@@H](CC(C)C)C(=O)NCC(=O)N[C@@H](CC(C)C)C(=O)[C@@]1(C)CO1. The summed E-state index contributed by atoms with van der Waals surface area (Å²) in [6, 6.07) is -1.61. The van der Waals surface area contributed by atoms with E-state index in [-0.39, 0.29) is 29.9 Å². The quantitative estimate of drug-likeness (QED) is 0.102. The normalized spacial score (nSPS) is 21.2. The Morgan fingerprint density at radius 2 is 1.67 bits per heavy atom. The summed E-state index contributed by atoms with van der Waals surface area (Å²) in [6.07, 6.45) is 2.06. The molecule has 2 heterocycles. The van der Waals surface area contributed by atoms with E-state index in [4.69, 9.17) is 14.3 Å². The van der Waals surface area contributed by atoms with Crippen LogP contribution in [0.1, 0.15) is 47.5 Å². The number of amides is 3. The van der Waals surface area contributed by atoms with Gasteiger partial charge in [0.15, 0.2) is 11.5 Å². The Morgan fingerprint density at radius 1 is 1.05 bits per heavy atom. The number of rotatable bonds is 17. The van der Waals surface area contributed by atoms with Crippen LogP contribution in [0, 0.1) is 11.8 Å². The van der Waals surface area contributed by atoms with E-state index in [1.54, 1.807) is 6.92 Å². The molecule has 39 heavy (non-hydrogen) atoms. The summed E-state index contributed by atoms with van der Waals surface area (Å²) in [5, 5.41) is 11.8. The van der Waals surface area contributed by atoms with E-state index in [1.165, 1.54) is 6.08 Å². The fourth-order valence-electron chi connectivity index (χ4n) is 4.07. The van der Waals surface area contributed by atoms with Gasteiger partial charge >= 0.3 is 0 Å². The van der Waals surface area contributed by atoms with Crippen LogP contribution in [0.15, 0.2) is 17.8 Å². The van der Waals surface area contributed by atoms with Gasteiger partial charge in [-0.15, -0.1) is 0 Å². The Bertz CT molecular complexity index is 895. The van der Waals surface area contributed by atoms with Crippen molar-refractivity contribution in [3.8, 4) is 0 Å². The molecule has 12 heteroatoms. The Hall–Kier alpha value is -2.83. The van der Waals surface area contributed by atoms with Crippen LogP contribution in [0.25, 0.3) is 0 Å². The summed E-state index contributed by atoms with van der Waals surface area (Å²) < 4.78 is 10.6. The van der Waals surface area contributed by atoms with Crippen molar-refractivity contribution < 1.29 is 33.5 Å². The van der Waals surface area contributed by atoms with Gasteiger partial charge in [-0.1, -0.05) is 39.4 Å². The second-order valence-electron chi connectivity index (χ2n) is 11.0. The second kappa shape index (κ2) is 15.7. The number of carbonyl (C=O) groups excluding carboxylic acids is 4. The number of hydrogen-bond acceptors (Lipinski definition) is 9. The van der Waals surface area contributed by atoms with Crippen LogP contribution in [-0.4, -0.2) is 104 Å². The molecule has 3 atom stereocenters. The molecule has 2 aliphatic rings. The molecule has 2 saturated heterocycles. The highest BCUT2D eigenvalue weighted by Gasteiger charge is 2.50. The number of ether oxygens (including phenoxy) is 2. The number of oxime groups is 1. The van der Waals surface area contributed by atoms with Gasteiger partial charge in [-0.25, -0.2) is 0 Å². The number of epoxide rings is 1. The average molecular weight is 552 g/mol. The van der Waals surface area contributed by atoms with Crippen LogP contribution >= 0.6 is 0 Å². The van der Waals surface area contributed by atoms with Crippen molar-refractivity contribution in [3.05, 3.63) is 12.7 Å². The molecule has 0 radical (unpaired) electrons. The van der Waals surface area contributed by atoms with Crippen molar-refractivity contribution in [1.82, 2.24) is 20.9 Å². The summed E-state index contributed by atoms with van der Waals surface area (Å²) in [5.41, 5.74) is -0.915. The number of morpholine rings is 1. The molecule has 0 aromatic carbocycles. The van der Waals surface area contributed by atoms with Crippen LogP contribution in [-0.2, 0) is 33.5 Å². The van der Waals surface area contributed by atoms with Gasteiger partial charge in [0.2, 0.25) is 11.8 Å². The molecule has 3 amide bonds. The fraction of sp³-hybridized carbons (Fsp3) is 0.741. The zero-order valence-corrected chi connectivity index (χ0v) is 23.9. The number of carbonyl (C=O) groups is 4. The molecular formula is C27H45N5O7. The van der Waals surface area contributed by atoms with Gasteiger partial charge in [-0.05, 0) is 37.7 Å². The van der Waals surface area contributed by atoms with Gasteiger partial charge in [0.1, 0.15) is 18.2 Å².